The third-order valence-corrected chi connectivity index (χ3v) is 3.45. The molecule has 16 heavy (non-hydrogen) atoms. The van der Waals surface area contributed by atoms with E-state index in [2.05, 4.69) is 4.99 Å². The van der Waals surface area contributed by atoms with Gasteiger partial charge in [0.05, 0.1) is 17.0 Å². The van der Waals surface area contributed by atoms with E-state index >= 15 is 0 Å². The van der Waals surface area contributed by atoms with Crippen molar-refractivity contribution >= 4 is 34.2 Å². The summed E-state index contributed by atoms with van der Waals surface area (Å²) in [5, 5.41) is 10.8. The minimum atomic E-state index is -0.145. The normalized spacial score (nSPS) is 14.9. The van der Waals surface area contributed by atoms with E-state index in [1.165, 1.54) is 12.1 Å². The summed E-state index contributed by atoms with van der Waals surface area (Å²) in [7, 11) is 0. The van der Waals surface area contributed by atoms with Gasteiger partial charge in [-0.05, 0) is 18.2 Å². The molecule has 0 amide bonds. The summed E-state index contributed by atoms with van der Waals surface area (Å²) in [6.07, 6.45) is 0.249. The van der Waals surface area contributed by atoms with Crippen molar-refractivity contribution in [3.05, 3.63) is 28.8 Å². The molecule has 0 radical (unpaired) electrons. The summed E-state index contributed by atoms with van der Waals surface area (Å²) < 4.78 is 0. The summed E-state index contributed by atoms with van der Waals surface area (Å²) in [6, 6.07) is 4.47. The molecule has 2 rings (SSSR count). The van der Waals surface area contributed by atoms with Gasteiger partial charge in [-0.2, -0.15) is 0 Å². The van der Waals surface area contributed by atoms with Crippen LogP contribution in [0.15, 0.2) is 23.2 Å². The lowest BCUT2D eigenvalue weighted by Crippen LogP contribution is -2.04. The maximum Gasteiger partial charge on any atom is 0.173 e. The molecule has 0 saturated carbocycles. The molecule has 0 unspecified atom stereocenters. The number of ketones is 1. The number of nitrogens with zero attached hydrogens (tertiary/aromatic N) is 1. The van der Waals surface area contributed by atoms with Crippen LogP contribution in [-0.2, 0) is 0 Å². The number of carbonyl (C=O) groups is 1. The minimum absolute atomic E-state index is 0.0296. The van der Waals surface area contributed by atoms with E-state index in [-0.39, 0.29) is 23.5 Å². The van der Waals surface area contributed by atoms with Gasteiger partial charge in [-0.1, -0.05) is 11.6 Å². The highest BCUT2D eigenvalue weighted by Crippen LogP contribution is 2.24. The summed E-state index contributed by atoms with van der Waals surface area (Å²) in [5.74, 6) is 0.760. The van der Waals surface area contributed by atoms with E-state index in [0.29, 0.717) is 5.02 Å². The predicted octanol–water partition coefficient (Wildman–Crippen LogP) is 2.76. The van der Waals surface area contributed by atoms with Crippen LogP contribution in [0.4, 0.5) is 0 Å². The summed E-state index contributed by atoms with van der Waals surface area (Å²) >= 11 is 7.37. The maximum absolute atomic E-state index is 11.9. The molecule has 0 fully saturated rings. The van der Waals surface area contributed by atoms with Gasteiger partial charge < -0.3 is 5.11 Å². The Balaban J connectivity index is 2.16. The van der Waals surface area contributed by atoms with Gasteiger partial charge in [0, 0.05) is 17.3 Å². The first-order valence-electron chi connectivity index (χ1n) is 4.84. The number of aliphatic imine (C=N–C) groups is 1. The predicted molar refractivity (Wildman–Crippen MR) is 66.8 cm³/mol. The Labute approximate surface area is 103 Å². The van der Waals surface area contributed by atoms with Crippen LogP contribution >= 0.6 is 23.4 Å². The van der Waals surface area contributed by atoms with Crippen LogP contribution in [0.1, 0.15) is 16.8 Å². The molecule has 0 aromatic heterocycles. The lowest BCUT2D eigenvalue weighted by Gasteiger charge is -2.03. The Bertz CT molecular complexity index is 459. The standard InChI is InChI=1S/C11H10ClNO2S/c12-7-1-2-9(14)8(5-7)10(15)6-11-13-3-4-16-11/h1-2,5,14H,3-4,6H2. The Morgan fingerprint density at radius 2 is 2.38 bits per heavy atom. The zero-order chi connectivity index (χ0) is 11.5. The highest BCUT2D eigenvalue weighted by Gasteiger charge is 2.16. The van der Waals surface area contributed by atoms with Gasteiger partial charge >= 0.3 is 0 Å². The molecule has 84 valence electrons. The second kappa shape index (κ2) is 4.89. The van der Waals surface area contributed by atoms with Crippen molar-refractivity contribution in [1.29, 1.82) is 0 Å². The highest BCUT2D eigenvalue weighted by atomic mass is 35.5. The second-order valence-electron chi connectivity index (χ2n) is 3.39. The number of hydrogen-bond donors (Lipinski definition) is 1. The number of halogens is 1. The van der Waals surface area contributed by atoms with Crippen molar-refractivity contribution in [2.75, 3.05) is 12.3 Å². The van der Waals surface area contributed by atoms with Crippen LogP contribution in [0.3, 0.4) is 0 Å². The van der Waals surface area contributed by atoms with Gasteiger partial charge in [0.15, 0.2) is 5.78 Å². The SMILES string of the molecule is O=C(CC1=NCCS1)c1cc(Cl)ccc1O. The summed E-state index contributed by atoms with van der Waals surface area (Å²) in [6.45, 7) is 0.773. The van der Waals surface area contributed by atoms with Crippen LogP contribution in [-0.4, -0.2) is 28.2 Å². The molecule has 1 aromatic rings. The Hall–Kier alpha value is -1.00. The van der Waals surface area contributed by atoms with Crippen molar-refractivity contribution in [3.63, 3.8) is 0 Å². The van der Waals surface area contributed by atoms with Crippen LogP contribution in [0.25, 0.3) is 0 Å². The van der Waals surface area contributed by atoms with E-state index < -0.39 is 0 Å². The molecule has 1 N–H and O–H groups in total. The van der Waals surface area contributed by atoms with E-state index in [9.17, 15) is 9.90 Å². The topological polar surface area (TPSA) is 49.7 Å². The second-order valence-corrected chi connectivity index (χ2v) is 4.99. The molecule has 0 atom stereocenters. The van der Waals surface area contributed by atoms with Crippen LogP contribution in [0.2, 0.25) is 5.02 Å². The largest absolute Gasteiger partial charge is 0.507 e. The van der Waals surface area contributed by atoms with E-state index in [1.807, 2.05) is 0 Å². The van der Waals surface area contributed by atoms with E-state index in [0.717, 1.165) is 17.3 Å². The number of carbonyl (C=O) groups excluding carboxylic acids is 1. The molecule has 1 aliphatic heterocycles. The molecule has 1 heterocycles. The van der Waals surface area contributed by atoms with Crippen molar-refractivity contribution < 1.29 is 9.90 Å². The van der Waals surface area contributed by atoms with Gasteiger partial charge in [0.25, 0.3) is 0 Å². The number of hydrogen-bond acceptors (Lipinski definition) is 4. The quantitative estimate of drug-likeness (QED) is 0.845. The average Bonchev–Trinajstić information content (AvgIpc) is 2.74. The molecule has 3 nitrogen and oxygen atoms in total. The van der Waals surface area contributed by atoms with Crippen LogP contribution in [0, 0.1) is 0 Å². The first-order valence-corrected chi connectivity index (χ1v) is 6.21. The van der Waals surface area contributed by atoms with Gasteiger partial charge in [-0.25, -0.2) is 0 Å². The van der Waals surface area contributed by atoms with Crippen LogP contribution < -0.4 is 0 Å². The lowest BCUT2D eigenvalue weighted by atomic mass is 10.1. The fraction of sp³-hybridized carbons (Fsp3) is 0.273. The first kappa shape index (κ1) is 11.5. The van der Waals surface area contributed by atoms with Crippen molar-refractivity contribution in [2.45, 2.75) is 6.42 Å². The van der Waals surface area contributed by atoms with Crippen molar-refractivity contribution in [3.8, 4) is 5.75 Å². The Kier molecular flexibility index (Phi) is 3.51. The van der Waals surface area contributed by atoms with Gasteiger partial charge in [0.1, 0.15) is 5.75 Å². The molecule has 0 aliphatic carbocycles. The molecule has 0 saturated heterocycles. The minimum Gasteiger partial charge on any atom is -0.507 e. The van der Waals surface area contributed by atoms with Gasteiger partial charge in [0.2, 0.25) is 0 Å². The number of thioether (sulfide) groups is 1. The number of phenolic OH excluding ortho intramolecular Hbond substituents is 1. The van der Waals surface area contributed by atoms with Crippen molar-refractivity contribution in [1.82, 2.24) is 0 Å². The number of rotatable bonds is 3. The third-order valence-electron chi connectivity index (χ3n) is 2.22. The third kappa shape index (κ3) is 2.57. The molecule has 1 aliphatic rings. The zero-order valence-electron chi connectivity index (χ0n) is 8.44. The average molecular weight is 256 g/mol. The van der Waals surface area contributed by atoms with E-state index in [4.69, 9.17) is 11.6 Å². The molecule has 0 bridgehead atoms. The number of phenols is 1. The summed E-state index contributed by atoms with van der Waals surface area (Å²) in [5.41, 5.74) is 0.266. The molecule has 5 heteroatoms. The summed E-state index contributed by atoms with van der Waals surface area (Å²) in [4.78, 5) is 16.1. The highest BCUT2D eigenvalue weighted by molar-refractivity contribution is 8.14. The molecular formula is C11H10ClNO2S. The zero-order valence-corrected chi connectivity index (χ0v) is 10.0. The van der Waals surface area contributed by atoms with Gasteiger partial charge in [-0.3, -0.25) is 9.79 Å². The molecule has 1 aromatic carbocycles. The fourth-order valence-electron chi connectivity index (χ4n) is 1.45. The smallest absolute Gasteiger partial charge is 0.173 e. The molecule has 0 spiro atoms. The first-order chi connectivity index (χ1) is 7.66. The lowest BCUT2D eigenvalue weighted by molar-refractivity contribution is 0.0999. The molecular weight excluding hydrogens is 246 g/mol. The monoisotopic (exact) mass is 255 g/mol. The maximum atomic E-state index is 11.9. The van der Waals surface area contributed by atoms with Crippen molar-refractivity contribution in [2.24, 2.45) is 4.99 Å². The number of Topliss-reactive ketones (excluding diaryl/α,β-unsaturated/α-hetero) is 1. The number of aromatic hydroxyl groups is 1. The Morgan fingerprint density at radius 1 is 1.56 bits per heavy atom. The van der Waals surface area contributed by atoms with Gasteiger partial charge in [-0.15, -0.1) is 11.8 Å². The Morgan fingerprint density at radius 3 is 3.06 bits per heavy atom. The van der Waals surface area contributed by atoms with E-state index in [1.54, 1.807) is 17.8 Å². The fourth-order valence-corrected chi connectivity index (χ4v) is 2.46. The van der Waals surface area contributed by atoms with Crippen LogP contribution in [0.5, 0.6) is 5.75 Å². The number of benzene rings is 1.